The summed E-state index contributed by atoms with van der Waals surface area (Å²) in [4.78, 5) is 53.6. The number of rotatable bonds is 5. The highest BCUT2D eigenvalue weighted by molar-refractivity contribution is 6.19. The van der Waals surface area contributed by atoms with Crippen LogP contribution >= 0.6 is 0 Å². The molecule has 2 atom stereocenters. The predicted molar refractivity (Wildman–Crippen MR) is 220 cm³/mol. The molecule has 5 aliphatic rings. The van der Waals surface area contributed by atoms with Crippen LogP contribution in [0.2, 0.25) is 0 Å². The van der Waals surface area contributed by atoms with Gasteiger partial charge in [-0.15, -0.1) is 0 Å². The Balaban J connectivity index is 0.845. The van der Waals surface area contributed by atoms with Gasteiger partial charge >= 0.3 is 0 Å². The molecule has 2 N–H and O–H groups in total. The SMILES string of the molecule is Cc1cc2cc(n1)-c1cnn(C)c1OCCC[C@@H](C)CN1/C(=N/C2=O)Nc2ccc(C3CCN(CC4CN(c5cc(F)c([C@H]6CCC(=O)NC6=O)c(F)c5)C4)CC3)cc21. The van der Waals surface area contributed by atoms with Crippen molar-refractivity contribution in [2.45, 2.75) is 64.2 Å². The molecule has 0 unspecified atom stereocenters. The minimum atomic E-state index is -1.00. The van der Waals surface area contributed by atoms with E-state index in [1.165, 1.54) is 17.7 Å². The Bertz CT molecular complexity index is 2330. The van der Waals surface area contributed by atoms with E-state index in [1.807, 2.05) is 18.9 Å². The number of nitrogens with zero attached hydrogens (tertiary/aromatic N) is 7. The van der Waals surface area contributed by atoms with Gasteiger partial charge in [0.1, 0.15) is 11.6 Å². The second-order valence-electron chi connectivity index (χ2n) is 16.9. The lowest BCUT2D eigenvalue weighted by Crippen LogP contribution is -2.52. The first-order valence-corrected chi connectivity index (χ1v) is 20.7. The number of ether oxygens (including phenoxy) is 1. The van der Waals surface area contributed by atoms with E-state index >= 15 is 8.78 Å². The number of carbonyl (C=O) groups excluding carboxylic acids is 3. The molecule has 0 aliphatic carbocycles. The molecule has 2 aromatic heterocycles. The molecule has 7 heterocycles. The maximum atomic E-state index is 15.2. The molecular weight excluding hydrogens is 757 g/mol. The van der Waals surface area contributed by atoms with Gasteiger partial charge in [-0.25, -0.2) is 13.5 Å². The number of aryl methyl sites for hydroxylation is 2. The third kappa shape index (κ3) is 7.79. The number of aromatic nitrogens is 3. The van der Waals surface area contributed by atoms with Crippen LogP contribution in [0, 0.1) is 30.4 Å². The van der Waals surface area contributed by atoms with E-state index in [4.69, 9.17) is 9.72 Å². The lowest BCUT2D eigenvalue weighted by atomic mass is 9.87. The summed E-state index contributed by atoms with van der Waals surface area (Å²) in [6.07, 6.45) is 5.68. The molecule has 9 rings (SSSR count). The normalized spacial score (nSPS) is 22.8. The number of pyridine rings is 1. The van der Waals surface area contributed by atoms with Gasteiger partial charge in [0.15, 0.2) is 0 Å². The zero-order chi connectivity index (χ0) is 40.9. The summed E-state index contributed by atoms with van der Waals surface area (Å²) in [5.74, 6) is -1.71. The zero-order valence-corrected chi connectivity index (χ0v) is 33.6. The van der Waals surface area contributed by atoms with E-state index < -0.39 is 29.4 Å². The van der Waals surface area contributed by atoms with Gasteiger partial charge in [-0.2, -0.15) is 10.1 Å². The molecule has 59 heavy (non-hydrogen) atoms. The largest absolute Gasteiger partial charge is 0.477 e. The number of carbonyl (C=O) groups is 3. The first-order chi connectivity index (χ1) is 28.5. The number of nitrogens with one attached hydrogen (secondary N) is 2. The van der Waals surface area contributed by atoms with Crippen molar-refractivity contribution in [3.63, 3.8) is 0 Å². The molecule has 0 radical (unpaired) electrons. The molecule has 3 fully saturated rings. The second kappa shape index (κ2) is 15.8. The van der Waals surface area contributed by atoms with Gasteiger partial charge in [-0.1, -0.05) is 13.0 Å². The maximum Gasteiger partial charge on any atom is 0.280 e. The lowest BCUT2D eigenvalue weighted by molar-refractivity contribution is -0.134. The third-order valence-electron chi connectivity index (χ3n) is 12.5. The number of halogens is 2. The van der Waals surface area contributed by atoms with Gasteiger partial charge in [0.25, 0.3) is 5.91 Å². The van der Waals surface area contributed by atoms with Crippen molar-refractivity contribution >= 4 is 40.7 Å². The monoisotopic (exact) mass is 805 g/mol. The number of aliphatic imine (C=N–C) groups is 1. The Kier molecular flexibility index (Phi) is 10.4. The first kappa shape index (κ1) is 38.8. The maximum absolute atomic E-state index is 15.2. The number of likely N-dealkylation sites (tertiary alicyclic amines) is 1. The number of anilines is 3. The molecule has 2 bridgehead atoms. The van der Waals surface area contributed by atoms with Crippen LogP contribution in [0.25, 0.3) is 11.3 Å². The molecule has 3 amide bonds. The molecule has 308 valence electrons. The molecule has 5 aliphatic heterocycles. The smallest absolute Gasteiger partial charge is 0.280 e. The zero-order valence-electron chi connectivity index (χ0n) is 33.6. The highest BCUT2D eigenvalue weighted by atomic mass is 19.1. The summed E-state index contributed by atoms with van der Waals surface area (Å²) in [6, 6.07) is 12.7. The summed E-state index contributed by atoms with van der Waals surface area (Å²) in [7, 11) is 1.84. The van der Waals surface area contributed by atoms with Crippen molar-refractivity contribution in [2.24, 2.45) is 23.9 Å². The molecule has 4 aromatic rings. The predicted octanol–water partition coefficient (Wildman–Crippen LogP) is 6.14. The Morgan fingerprint density at radius 2 is 1.71 bits per heavy atom. The molecule has 2 aromatic carbocycles. The van der Waals surface area contributed by atoms with E-state index in [1.54, 1.807) is 23.0 Å². The number of guanidine groups is 1. The first-order valence-electron chi connectivity index (χ1n) is 20.7. The topological polar surface area (TPSA) is 137 Å². The van der Waals surface area contributed by atoms with Gasteiger partial charge in [-0.3, -0.25) is 24.7 Å². The number of amides is 3. The minimum Gasteiger partial charge on any atom is -0.477 e. The quantitative estimate of drug-likeness (QED) is 0.227. The van der Waals surface area contributed by atoms with Crippen molar-refractivity contribution in [1.82, 2.24) is 25.0 Å². The van der Waals surface area contributed by atoms with Crippen LogP contribution in [-0.4, -0.2) is 89.2 Å². The highest BCUT2D eigenvalue weighted by Crippen LogP contribution is 2.40. The van der Waals surface area contributed by atoms with Crippen molar-refractivity contribution in [2.75, 3.05) is 61.0 Å². The van der Waals surface area contributed by atoms with E-state index in [0.29, 0.717) is 72.6 Å². The van der Waals surface area contributed by atoms with E-state index in [0.717, 1.165) is 62.3 Å². The Labute approximate surface area is 341 Å². The lowest BCUT2D eigenvalue weighted by Gasteiger charge is -2.44. The fourth-order valence-electron chi connectivity index (χ4n) is 9.34. The second-order valence-corrected chi connectivity index (χ2v) is 16.9. The Morgan fingerprint density at radius 1 is 0.932 bits per heavy atom. The number of piperidine rings is 2. The molecule has 3 saturated heterocycles. The van der Waals surface area contributed by atoms with Crippen LogP contribution in [0.1, 0.15) is 84.5 Å². The molecule has 0 saturated carbocycles. The van der Waals surface area contributed by atoms with E-state index in [-0.39, 0.29) is 30.2 Å². The minimum absolute atomic E-state index is 0.0604. The molecule has 0 spiro atoms. The summed E-state index contributed by atoms with van der Waals surface area (Å²) in [5, 5.41) is 10.0. The summed E-state index contributed by atoms with van der Waals surface area (Å²) >= 11 is 0. The van der Waals surface area contributed by atoms with Gasteiger partial charge in [0.05, 0.1) is 41.4 Å². The number of benzene rings is 2. The summed E-state index contributed by atoms with van der Waals surface area (Å²) < 4.78 is 38.3. The molecule has 15 heteroatoms. The average Bonchev–Trinajstić information content (AvgIpc) is 3.72. The fraction of sp³-hybridized carbons (Fsp3) is 0.455. The van der Waals surface area contributed by atoms with Crippen LogP contribution in [0.4, 0.5) is 25.8 Å². The van der Waals surface area contributed by atoms with E-state index in [9.17, 15) is 14.4 Å². The summed E-state index contributed by atoms with van der Waals surface area (Å²) in [5.41, 5.74) is 5.95. The molecule has 13 nitrogen and oxygen atoms in total. The van der Waals surface area contributed by atoms with Gasteiger partial charge in [0.2, 0.25) is 23.7 Å². The summed E-state index contributed by atoms with van der Waals surface area (Å²) in [6.45, 7) is 9.55. The highest BCUT2D eigenvalue weighted by Gasteiger charge is 2.36. The van der Waals surface area contributed by atoms with Crippen LogP contribution in [0.15, 0.2) is 53.7 Å². The van der Waals surface area contributed by atoms with Gasteiger partial charge < -0.3 is 24.8 Å². The molecular formula is C44H49F2N9O4. The van der Waals surface area contributed by atoms with Crippen molar-refractivity contribution in [3.8, 4) is 17.1 Å². The number of fused-ring (bicyclic) bond motifs is 7. The van der Waals surface area contributed by atoms with Crippen LogP contribution < -0.4 is 25.2 Å². The number of imide groups is 1. The van der Waals surface area contributed by atoms with Crippen molar-refractivity contribution in [3.05, 3.63) is 82.7 Å². The van der Waals surface area contributed by atoms with Gasteiger partial charge in [0, 0.05) is 68.1 Å². The van der Waals surface area contributed by atoms with Crippen LogP contribution in [-0.2, 0) is 16.6 Å². The van der Waals surface area contributed by atoms with Crippen LogP contribution in [0.5, 0.6) is 5.88 Å². The fourth-order valence-corrected chi connectivity index (χ4v) is 9.34. The van der Waals surface area contributed by atoms with Gasteiger partial charge in [-0.05, 0) is 106 Å². The standard InChI is InChI=1S/C44H49F2N9O4/c1-25-5-4-14-59-43-33(20-47-52(43)3)37-16-30(15-26(2)48-37)41(57)51-44-49-36-8-6-29(17-38(36)55(44)21-25)28-10-12-53(13-11-28)22-27-23-54(24-27)31-18-34(45)40(35(46)19-31)32-7-9-39(56)50-42(32)58/h6,8,15-20,25,27-28,32H,4-5,7,9-14,21-24H2,1-3H3,(H,49,51,57)(H,50,56,58)/t25-,32-/m1/s1. The number of hydrogen-bond acceptors (Lipinski definition) is 10. The van der Waals surface area contributed by atoms with E-state index in [2.05, 4.69) is 55.6 Å². The van der Waals surface area contributed by atoms with Crippen molar-refractivity contribution in [1.29, 1.82) is 0 Å². The van der Waals surface area contributed by atoms with Crippen molar-refractivity contribution < 1.29 is 27.9 Å². The van der Waals surface area contributed by atoms with Crippen LogP contribution in [0.3, 0.4) is 0 Å². The Hall–Kier alpha value is -5.70. The number of hydrogen-bond donors (Lipinski definition) is 2. The third-order valence-corrected chi connectivity index (χ3v) is 12.5. The average molecular weight is 806 g/mol. The Morgan fingerprint density at radius 3 is 2.47 bits per heavy atom.